The van der Waals surface area contributed by atoms with Crippen LogP contribution in [0.25, 0.3) is 0 Å². The Morgan fingerprint density at radius 3 is 2.88 bits per heavy atom. The van der Waals surface area contributed by atoms with Crippen LogP contribution < -0.4 is 4.74 Å². The summed E-state index contributed by atoms with van der Waals surface area (Å²) in [6.07, 6.45) is -0.212. The van der Waals surface area contributed by atoms with Crippen LogP contribution in [0.15, 0.2) is 18.2 Å². The summed E-state index contributed by atoms with van der Waals surface area (Å²) in [5.74, 6) is 0.223. The number of carbonyl (C=O) groups is 2. The molecule has 84 valence electrons. The second-order valence-electron chi connectivity index (χ2n) is 3.75. The first-order chi connectivity index (χ1) is 7.61. The molecular weight excluding hydrogens is 208 g/mol. The van der Waals surface area contributed by atoms with Crippen LogP contribution in [0, 0.1) is 0 Å². The molecule has 0 aliphatic carbocycles. The lowest BCUT2D eigenvalue weighted by Crippen LogP contribution is -2.03. The fourth-order valence-corrected chi connectivity index (χ4v) is 1.79. The van der Waals surface area contributed by atoms with Gasteiger partial charge in [-0.25, -0.2) is 4.79 Å². The molecule has 2 rings (SSSR count). The highest BCUT2D eigenvalue weighted by atomic mass is 16.5. The van der Waals surface area contributed by atoms with Gasteiger partial charge >= 0.3 is 5.97 Å². The molecule has 0 unspecified atom stereocenters. The van der Waals surface area contributed by atoms with E-state index in [0.717, 1.165) is 5.56 Å². The van der Waals surface area contributed by atoms with Gasteiger partial charge in [-0.2, -0.15) is 0 Å². The number of esters is 1. The molecule has 0 bridgehead atoms. The highest BCUT2D eigenvalue weighted by Gasteiger charge is 2.31. The molecule has 1 aliphatic rings. The number of rotatable bonds is 3. The Hall–Kier alpha value is -1.84. The van der Waals surface area contributed by atoms with E-state index in [2.05, 4.69) is 0 Å². The monoisotopic (exact) mass is 220 g/mol. The maximum atomic E-state index is 11.5. The standard InChI is InChI=1S/C12H12O4/c1-7(13)5-11-9-4-3-8(15-2)6-10(9)12(14)16-11/h3-4,6,11H,5H2,1-2H3/t11-/m1/s1. The fourth-order valence-electron chi connectivity index (χ4n) is 1.79. The largest absolute Gasteiger partial charge is 0.497 e. The summed E-state index contributed by atoms with van der Waals surface area (Å²) in [5, 5.41) is 0. The average molecular weight is 220 g/mol. The number of hydrogen-bond donors (Lipinski definition) is 0. The van der Waals surface area contributed by atoms with Crippen molar-refractivity contribution in [3.8, 4) is 5.75 Å². The van der Waals surface area contributed by atoms with Gasteiger partial charge in [-0.05, 0) is 19.1 Å². The quantitative estimate of drug-likeness (QED) is 0.730. The van der Waals surface area contributed by atoms with Gasteiger partial charge in [0, 0.05) is 12.0 Å². The van der Waals surface area contributed by atoms with Gasteiger partial charge < -0.3 is 9.47 Å². The molecule has 0 saturated heterocycles. The molecule has 0 saturated carbocycles. The summed E-state index contributed by atoms with van der Waals surface area (Å²) in [6.45, 7) is 1.48. The molecule has 16 heavy (non-hydrogen) atoms. The minimum atomic E-state index is -0.439. The van der Waals surface area contributed by atoms with Gasteiger partial charge in [-0.3, -0.25) is 4.79 Å². The topological polar surface area (TPSA) is 52.6 Å². The lowest BCUT2D eigenvalue weighted by Gasteiger charge is -2.07. The van der Waals surface area contributed by atoms with E-state index in [1.807, 2.05) is 0 Å². The molecule has 1 aromatic carbocycles. The summed E-state index contributed by atoms with van der Waals surface area (Å²) in [6, 6.07) is 5.17. The first kappa shape index (κ1) is 10.7. The van der Waals surface area contributed by atoms with E-state index in [0.29, 0.717) is 11.3 Å². The molecule has 1 aromatic rings. The number of fused-ring (bicyclic) bond motifs is 1. The third-order valence-electron chi connectivity index (χ3n) is 2.55. The van der Waals surface area contributed by atoms with Gasteiger partial charge in [0.1, 0.15) is 17.6 Å². The third kappa shape index (κ3) is 1.78. The van der Waals surface area contributed by atoms with Crippen molar-refractivity contribution in [1.82, 2.24) is 0 Å². The molecule has 4 nitrogen and oxygen atoms in total. The summed E-state index contributed by atoms with van der Waals surface area (Å²) < 4.78 is 10.2. The van der Waals surface area contributed by atoms with Gasteiger partial charge in [-0.1, -0.05) is 6.07 Å². The minimum Gasteiger partial charge on any atom is -0.497 e. The average Bonchev–Trinajstić information content (AvgIpc) is 2.54. The second kappa shape index (κ2) is 3.96. The van der Waals surface area contributed by atoms with Gasteiger partial charge in [0.15, 0.2) is 0 Å². The minimum absolute atomic E-state index is 0.00136. The highest BCUT2D eigenvalue weighted by molar-refractivity contribution is 5.95. The van der Waals surface area contributed by atoms with E-state index in [9.17, 15) is 9.59 Å². The molecule has 1 heterocycles. The summed E-state index contributed by atoms with van der Waals surface area (Å²) >= 11 is 0. The first-order valence-electron chi connectivity index (χ1n) is 5.00. The van der Waals surface area contributed by atoms with Crippen LogP contribution >= 0.6 is 0 Å². The van der Waals surface area contributed by atoms with E-state index < -0.39 is 6.10 Å². The van der Waals surface area contributed by atoms with Gasteiger partial charge in [0.25, 0.3) is 0 Å². The normalized spacial score (nSPS) is 17.9. The van der Waals surface area contributed by atoms with Crippen LogP contribution in [0.4, 0.5) is 0 Å². The smallest absolute Gasteiger partial charge is 0.339 e. The third-order valence-corrected chi connectivity index (χ3v) is 2.55. The number of ether oxygens (including phenoxy) is 2. The van der Waals surface area contributed by atoms with Crippen molar-refractivity contribution in [2.75, 3.05) is 7.11 Å². The lowest BCUT2D eigenvalue weighted by molar-refractivity contribution is -0.118. The fraction of sp³-hybridized carbons (Fsp3) is 0.333. The zero-order chi connectivity index (χ0) is 11.7. The molecule has 0 N–H and O–H groups in total. The number of ketones is 1. The molecule has 4 heteroatoms. The van der Waals surface area contributed by atoms with Crippen molar-refractivity contribution in [1.29, 1.82) is 0 Å². The molecule has 0 fully saturated rings. The highest BCUT2D eigenvalue weighted by Crippen LogP contribution is 2.35. The number of hydrogen-bond acceptors (Lipinski definition) is 4. The van der Waals surface area contributed by atoms with Crippen molar-refractivity contribution < 1.29 is 19.1 Å². The number of cyclic esters (lactones) is 1. The predicted octanol–water partition coefficient (Wildman–Crippen LogP) is 1.89. The van der Waals surface area contributed by atoms with Crippen molar-refractivity contribution in [3.63, 3.8) is 0 Å². The predicted molar refractivity (Wildman–Crippen MR) is 56.4 cm³/mol. The van der Waals surface area contributed by atoms with E-state index in [1.54, 1.807) is 18.2 Å². The van der Waals surface area contributed by atoms with E-state index in [-0.39, 0.29) is 18.2 Å². The summed E-state index contributed by atoms with van der Waals surface area (Å²) in [7, 11) is 1.54. The molecule has 1 aliphatic heterocycles. The van der Waals surface area contributed by atoms with Crippen LogP contribution in [0.2, 0.25) is 0 Å². The Morgan fingerprint density at radius 2 is 2.25 bits per heavy atom. The molecule has 0 aromatic heterocycles. The number of Topliss-reactive ketones (excluding diaryl/α,β-unsaturated/α-hetero) is 1. The van der Waals surface area contributed by atoms with Gasteiger partial charge in [-0.15, -0.1) is 0 Å². The van der Waals surface area contributed by atoms with E-state index >= 15 is 0 Å². The number of carbonyl (C=O) groups excluding carboxylic acids is 2. The molecule has 0 radical (unpaired) electrons. The Balaban J connectivity index is 2.36. The Morgan fingerprint density at radius 1 is 1.50 bits per heavy atom. The summed E-state index contributed by atoms with van der Waals surface area (Å²) in [4.78, 5) is 22.6. The molecular formula is C12H12O4. The second-order valence-corrected chi connectivity index (χ2v) is 3.75. The van der Waals surface area contributed by atoms with Crippen LogP contribution in [0.5, 0.6) is 5.75 Å². The van der Waals surface area contributed by atoms with Gasteiger partial charge in [0.2, 0.25) is 0 Å². The summed E-state index contributed by atoms with van der Waals surface area (Å²) in [5.41, 5.74) is 1.26. The maximum Gasteiger partial charge on any atom is 0.339 e. The van der Waals surface area contributed by atoms with Crippen molar-refractivity contribution in [2.24, 2.45) is 0 Å². The first-order valence-corrected chi connectivity index (χ1v) is 5.00. The van der Waals surface area contributed by atoms with Crippen LogP contribution in [-0.2, 0) is 9.53 Å². The van der Waals surface area contributed by atoms with Crippen LogP contribution in [-0.4, -0.2) is 18.9 Å². The van der Waals surface area contributed by atoms with Crippen molar-refractivity contribution >= 4 is 11.8 Å². The Kier molecular flexibility index (Phi) is 2.64. The zero-order valence-corrected chi connectivity index (χ0v) is 9.15. The van der Waals surface area contributed by atoms with Gasteiger partial charge in [0.05, 0.1) is 12.7 Å². The number of benzene rings is 1. The van der Waals surface area contributed by atoms with E-state index in [1.165, 1.54) is 14.0 Å². The molecule has 0 amide bonds. The molecule has 0 spiro atoms. The van der Waals surface area contributed by atoms with E-state index in [4.69, 9.17) is 9.47 Å². The Labute approximate surface area is 93.2 Å². The lowest BCUT2D eigenvalue weighted by atomic mass is 10.0. The Bertz CT molecular complexity index is 450. The molecule has 1 atom stereocenters. The maximum absolute atomic E-state index is 11.5. The zero-order valence-electron chi connectivity index (χ0n) is 9.15. The van der Waals surface area contributed by atoms with Crippen LogP contribution in [0.3, 0.4) is 0 Å². The number of methoxy groups -OCH3 is 1. The SMILES string of the molecule is COc1ccc2c(c1)C(=O)O[C@@H]2CC(C)=O. The van der Waals surface area contributed by atoms with Crippen molar-refractivity contribution in [3.05, 3.63) is 29.3 Å². The van der Waals surface area contributed by atoms with Crippen LogP contribution in [0.1, 0.15) is 35.4 Å². The van der Waals surface area contributed by atoms with Crippen molar-refractivity contribution in [2.45, 2.75) is 19.4 Å².